The van der Waals surface area contributed by atoms with Crippen molar-refractivity contribution in [3.05, 3.63) is 12.3 Å². The molecule has 0 heterocycles. The van der Waals surface area contributed by atoms with Gasteiger partial charge in [0.25, 0.3) is 0 Å². The Labute approximate surface area is 67.5 Å². The molecular weight excluding hydrogens is 140 g/mol. The average molecular weight is 154 g/mol. The predicted molar refractivity (Wildman–Crippen MR) is 47.7 cm³/mol. The van der Waals surface area contributed by atoms with Gasteiger partial charge in [0.1, 0.15) is 5.76 Å². The summed E-state index contributed by atoms with van der Waals surface area (Å²) in [6.07, 6.45) is 2.86. The molecule has 0 aromatic carbocycles. The summed E-state index contributed by atoms with van der Waals surface area (Å²) in [6, 6.07) is 0. The quantitative estimate of drug-likeness (QED) is 0.264. The Morgan fingerprint density at radius 2 is 2.09 bits per heavy atom. The average Bonchev–Trinajstić information content (AvgIpc) is 1.97. The van der Waals surface area contributed by atoms with Gasteiger partial charge in [-0.25, -0.2) is 0 Å². The van der Waals surface area contributed by atoms with Gasteiger partial charge in [0.2, 0.25) is 6.40 Å². The Balaban J connectivity index is 3.62. The van der Waals surface area contributed by atoms with Crippen molar-refractivity contribution < 1.29 is 4.74 Å². The maximum atomic E-state index is 5.01. The van der Waals surface area contributed by atoms with Crippen molar-refractivity contribution in [3.8, 4) is 0 Å². The van der Waals surface area contributed by atoms with E-state index < -0.39 is 0 Å². The zero-order chi connectivity index (χ0) is 8.69. The normalized spacial score (nSPS) is 11.6. The van der Waals surface area contributed by atoms with Crippen LogP contribution in [0.4, 0.5) is 0 Å². The molecule has 0 aliphatic carbocycles. The van der Waals surface area contributed by atoms with Gasteiger partial charge in [-0.3, -0.25) is 0 Å². The van der Waals surface area contributed by atoms with Gasteiger partial charge in [-0.05, 0) is 6.92 Å². The van der Waals surface area contributed by atoms with Crippen LogP contribution in [0.3, 0.4) is 0 Å². The maximum Gasteiger partial charge on any atom is 0.201 e. The molecule has 0 saturated heterocycles. The second kappa shape index (κ2) is 5.65. The molecule has 0 aliphatic heterocycles. The summed E-state index contributed by atoms with van der Waals surface area (Å²) in [4.78, 5) is 0. The number of hydrogen-bond donors (Lipinski definition) is 0. The first-order valence-electron chi connectivity index (χ1n) is 3.53. The highest BCUT2D eigenvalue weighted by Crippen LogP contribution is 2.05. The van der Waals surface area contributed by atoms with E-state index in [9.17, 15) is 0 Å². The van der Waals surface area contributed by atoms with E-state index in [1.165, 1.54) is 6.40 Å². The molecule has 3 nitrogen and oxygen atoms in total. The first-order valence-corrected chi connectivity index (χ1v) is 3.53. The molecule has 0 amide bonds. The molecular formula is C8H14N2O. The van der Waals surface area contributed by atoms with Crippen LogP contribution in [-0.4, -0.2) is 12.6 Å². The van der Waals surface area contributed by atoms with E-state index in [0.29, 0.717) is 11.7 Å². The highest BCUT2D eigenvalue weighted by molar-refractivity contribution is 5.55. The maximum absolute atomic E-state index is 5.01. The number of nitrogens with zero attached hydrogens (tertiary/aromatic N) is 2. The second-order valence-corrected chi connectivity index (χ2v) is 2.33. The molecule has 0 spiro atoms. The molecule has 0 aliphatic rings. The lowest BCUT2D eigenvalue weighted by molar-refractivity contribution is 0.374. The third kappa shape index (κ3) is 5.33. The highest BCUT2D eigenvalue weighted by Gasteiger charge is 1.97. The van der Waals surface area contributed by atoms with Crippen LogP contribution < -0.4 is 0 Å². The standard InChI is InChI=1S/C8H14N2O/c1-5-9-10-6-11-8(4)7(2)3/h5-7H,4H2,1-3H3/b9-5+,10-6-. The van der Waals surface area contributed by atoms with Crippen LogP contribution in [0, 0.1) is 5.92 Å². The Bertz CT molecular complexity index is 171. The molecule has 0 rings (SSSR count). The van der Waals surface area contributed by atoms with Crippen molar-refractivity contribution in [2.24, 2.45) is 16.1 Å². The zero-order valence-corrected chi connectivity index (χ0v) is 7.24. The number of hydrogen-bond acceptors (Lipinski definition) is 3. The summed E-state index contributed by atoms with van der Waals surface area (Å²) in [5, 5.41) is 7.16. The van der Waals surface area contributed by atoms with E-state index in [4.69, 9.17) is 4.74 Å². The summed E-state index contributed by atoms with van der Waals surface area (Å²) < 4.78 is 5.01. The summed E-state index contributed by atoms with van der Waals surface area (Å²) in [5.74, 6) is 1.01. The lowest BCUT2D eigenvalue weighted by atomic mass is 10.2. The van der Waals surface area contributed by atoms with Crippen molar-refractivity contribution in [1.82, 2.24) is 0 Å². The topological polar surface area (TPSA) is 34.0 Å². The lowest BCUT2D eigenvalue weighted by Crippen LogP contribution is -1.95. The van der Waals surface area contributed by atoms with Crippen molar-refractivity contribution in [2.75, 3.05) is 0 Å². The SMILES string of the molecule is C=C(O/C=N\N=C\C)C(C)C. The van der Waals surface area contributed by atoms with E-state index in [0.717, 1.165) is 0 Å². The molecule has 0 unspecified atom stereocenters. The summed E-state index contributed by atoms with van der Waals surface area (Å²) in [5.41, 5.74) is 0. The molecule has 0 saturated carbocycles. The molecule has 0 N–H and O–H groups in total. The third-order valence-electron chi connectivity index (χ3n) is 1.08. The van der Waals surface area contributed by atoms with Crippen LogP contribution in [0.5, 0.6) is 0 Å². The van der Waals surface area contributed by atoms with E-state index >= 15 is 0 Å². The van der Waals surface area contributed by atoms with Gasteiger partial charge in [-0.15, -0.1) is 5.10 Å². The van der Waals surface area contributed by atoms with Gasteiger partial charge >= 0.3 is 0 Å². The smallest absolute Gasteiger partial charge is 0.201 e. The molecule has 62 valence electrons. The Hall–Kier alpha value is -1.12. The highest BCUT2D eigenvalue weighted by atomic mass is 16.5. The van der Waals surface area contributed by atoms with Gasteiger partial charge in [0.15, 0.2) is 0 Å². The summed E-state index contributed by atoms with van der Waals surface area (Å²) in [7, 11) is 0. The molecule has 11 heavy (non-hydrogen) atoms. The minimum Gasteiger partial charge on any atom is -0.449 e. The van der Waals surface area contributed by atoms with Crippen LogP contribution in [0.15, 0.2) is 22.5 Å². The van der Waals surface area contributed by atoms with Gasteiger partial charge in [0.05, 0.1) is 0 Å². The molecule has 0 fully saturated rings. The molecule has 0 aromatic heterocycles. The van der Waals surface area contributed by atoms with Gasteiger partial charge in [-0.2, -0.15) is 5.10 Å². The van der Waals surface area contributed by atoms with Crippen molar-refractivity contribution in [3.63, 3.8) is 0 Å². The third-order valence-corrected chi connectivity index (χ3v) is 1.08. The van der Waals surface area contributed by atoms with Crippen molar-refractivity contribution in [2.45, 2.75) is 20.8 Å². The lowest BCUT2D eigenvalue weighted by Gasteiger charge is -2.04. The fourth-order valence-corrected chi connectivity index (χ4v) is 0.321. The van der Waals surface area contributed by atoms with Gasteiger partial charge in [0, 0.05) is 12.1 Å². The molecule has 0 bridgehead atoms. The fraction of sp³-hybridized carbons (Fsp3) is 0.500. The Morgan fingerprint density at radius 1 is 1.45 bits per heavy atom. The fourth-order valence-electron chi connectivity index (χ4n) is 0.321. The monoisotopic (exact) mass is 154 g/mol. The molecule has 0 atom stereocenters. The van der Waals surface area contributed by atoms with Crippen LogP contribution in [0.25, 0.3) is 0 Å². The van der Waals surface area contributed by atoms with E-state index in [1.54, 1.807) is 13.1 Å². The first-order chi connectivity index (χ1) is 5.18. The number of rotatable bonds is 4. The van der Waals surface area contributed by atoms with Crippen LogP contribution in [-0.2, 0) is 4.74 Å². The largest absolute Gasteiger partial charge is 0.449 e. The second-order valence-electron chi connectivity index (χ2n) is 2.33. The van der Waals surface area contributed by atoms with E-state index in [1.807, 2.05) is 13.8 Å². The molecule has 0 radical (unpaired) electrons. The Kier molecular flexibility index (Phi) is 5.07. The van der Waals surface area contributed by atoms with Gasteiger partial charge < -0.3 is 4.74 Å². The van der Waals surface area contributed by atoms with Crippen LogP contribution >= 0.6 is 0 Å². The van der Waals surface area contributed by atoms with E-state index in [-0.39, 0.29) is 0 Å². The molecule has 0 aromatic rings. The van der Waals surface area contributed by atoms with Crippen molar-refractivity contribution in [1.29, 1.82) is 0 Å². The zero-order valence-electron chi connectivity index (χ0n) is 7.24. The van der Waals surface area contributed by atoms with E-state index in [2.05, 4.69) is 16.8 Å². The van der Waals surface area contributed by atoms with Crippen LogP contribution in [0.2, 0.25) is 0 Å². The Morgan fingerprint density at radius 3 is 2.55 bits per heavy atom. The minimum absolute atomic E-state index is 0.312. The minimum atomic E-state index is 0.312. The first kappa shape index (κ1) is 9.88. The summed E-state index contributed by atoms with van der Waals surface area (Å²) >= 11 is 0. The van der Waals surface area contributed by atoms with Crippen molar-refractivity contribution >= 4 is 12.6 Å². The summed E-state index contributed by atoms with van der Waals surface area (Å²) in [6.45, 7) is 9.47. The van der Waals surface area contributed by atoms with Crippen LogP contribution in [0.1, 0.15) is 20.8 Å². The number of ether oxygens (including phenoxy) is 1. The number of allylic oxidation sites excluding steroid dienone is 1. The molecule has 3 heteroatoms. The predicted octanol–water partition coefficient (Wildman–Crippen LogP) is 2.21. The van der Waals surface area contributed by atoms with Gasteiger partial charge in [-0.1, -0.05) is 20.4 Å².